The van der Waals surface area contributed by atoms with Crippen LogP contribution >= 0.6 is 0 Å². The third-order valence-corrected chi connectivity index (χ3v) is 8.38. The molecule has 3 aromatic rings. The number of hydrogen-bond donors (Lipinski definition) is 4. The highest BCUT2D eigenvalue weighted by atomic mass is 15.1. The lowest BCUT2D eigenvalue weighted by Crippen LogP contribution is -2.28. The van der Waals surface area contributed by atoms with Crippen LogP contribution in [0.1, 0.15) is 62.4 Å². The number of aromatic nitrogens is 4. The molecular formula is C35H45N7. The van der Waals surface area contributed by atoms with Crippen molar-refractivity contribution in [3.05, 3.63) is 96.7 Å². The van der Waals surface area contributed by atoms with Gasteiger partial charge in [0.05, 0.1) is 16.9 Å². The molecule has 0 bridgehead atoms. The zero-order chi connectivity index (χ0) is 29.5. The van der Waals surface area contributed by atoms with Crippen molar-refractivity contribution in [1.29, 1.82) is 0 Å². The van der Waals surface area contributed by atoms with Gasteiger partial charge < -0.3 is 20.5 Å². The largest absolute Gasteiger partial charge is 0.371 e. The topological polar surface area (TPSA) is 84.7 Å². The number of aryl methyl sites for hydroxylation is 1. The molecule has 0 aromatic carbocycles. The van der Waals surface area contributed by atoms with Gasteiger partial charge in [0.15, 0.2) is 0 Å². The van der Waals surface area contributed by atoms with Crippen LogP contribution in [-0.2, 0) is 0 Å². The van der Waals surface area contributed by atoms with Crippen LogP contribution in [0.4, 0.5) is 0 Å². The van der Waals surface area contributed by atoms with E-state index < -0.39 is 0 Å². The lowest BCUT2D eigenvalue weighted by Gasteiger charge is -2.31. The van der Waals surface area contributed by atoms with Gasteiger partial charge in [-0.05, 0) is 113 Å². The molecule has 4 N–H and O–H groups in total. The predicted octanol–water partition coefficient (Wildman–Crippen LogP) is 7.24. The maximum Gasteiger partial charge on any atom is 0.135 e. The summed E-state index contributed by atoms with van der Waals surface area (Å²) in [7, 11) is 0. The average Bonchev–Trinajstić information content (AvgIpc) is 3.61. The van der Waals surface area contributed by atoms with Gasteiger partial charge in [-0.2, -0.15) is 5.10 Å². The Hall–Kier alpha value is -4.10. The van der Waals surface area contributed by atoms with Gasteiger partial charge in [0.2, 0.25) is 0 Å². The SMILES string of the molecule is C=C/C=C(\c1cc(-c2n[nH]c3ccc(C(/C=C(\C=C)NC(=C)CC4CCNCC4)=C/C)nc23)[nH]c1C)N1CCCCC1. The summed E-state index contributed by atoms with van der Waals surface area (Å²) in [6.45, 7) is 20.8. The minimum Gasteiger partial charge on any atom is -0.371 e. The molecule has 0 spiro atoms. The Morgan fingerprint density at radius 3 is 2.64 bits per heavy atom. The van der Waals surface area contributed by atoms with Crippen LogP contribution in [0, 0.1) is 12.8 Å². The highest BCUT2D eigenvalue weighted by molar-refractivity contribution is 5.91. The molecule has 0 aliphatic carbocycles. The van der Waals surface area contributed by atoms with Crippen molar-refractivity contribution < 1.29 is 0 Å². The van der Waals surface area contributed by atoms with Crippen molar-refractivity contribution in [2.24, 2.45) is 5.92 Å². The van der Waals surface area contributed by atoms with Crippen LogP contribution in [0.3, 0.4) is 0 Å². The van der Waals surface area contributed by atoms with Crippen LogP contribution in [-0.4, -0.2) is 51.2 Å². The monoisotopic (exact) mass is 563 g/mol. The summed E-state index contributed by atoms with van der Waals surface area (Å²) in [5.41, 5.74) is 10.8. The number of aromatic amines is 2. The molecule has 7 heteroatoms. The number of allylic oxidation sites excluding steroid dienone is 7. The first kappa shape index (κ1) is 29.4. The number of fused-ring (bicyclic) bond motifs is 1. The zero-order valence-corrected chi connectivity index (χ0v) is 25.2. The Kier molecular flexibility index (Phi) is 9.59. The van der Waals surface area contributed by atoms with Crippen molar-refractivity contribution in [1.82, 2.24) is 35.7 Å². The molecule has 2 aliphatic rings. The number of likely N-dealkylation sites (tertiary alicyclic amines) is 1. The second-order valence-electron chi connectivity index (χ2n) is 11.4. The summed E-state index contributed by atoms with van der Waals surface area (Å²) < 4.78 is 0. The van der Waals surface area contributed by atoms with E-state index in [4.69, 9.17) is 4.98 Å². The summed E-state index contributed by atoms with van der Waals surface area (Å²) >= 11 is 0. The second-order valence-corrected chi connectivity index (χ2v) is 11.4. The molecule has 0 radical (unpaired) electrons. The normalized spacial score (nSPS) is 17.5. The van der Waals surface area contributed by atoms with E-state index in [2.05, 4.69) is 87.7 Å². The third-order valence-electron chi connectivity index (χ3n) is 8.38. The standard InChI is InChI=1S/C35H45N7/c1-6-12-33(42-19-10-9-11-20-42)29-23-32(38-25(29)5)35-34-31(40-41-35)14-13-30(39-34)27(7-2)22-28(8-3)37-24(4)21-26-15-17-36-18-16-26/h6-8,12-14,22-23,26,36-38H,1,3-4,9-11,15-21H2,2,5H3,(H,40,41)/b27-7+,28-22+,33-12+. The summed E-state index contributed by atoms with van der Waals surface area (Å²) in [4.78, 5) is 11.2. The van der Waals surface area contributed by atoms with E-state index in [1.165, 1.54) is 43.4 Å². The Balaban J connectivity index is 1.40. The first-order valence-electron chi connectivity index (χ1n) is 15.3. The van der Waals surface area contributed by atoms with Gasteiger partial charge in [0.1, 0.15) is 11.2 Å². The predicted molar refractivity (Wildman–Crippen MR) is 176 cm³/mol. The van der Waals surface area contributed by atoms with Gasteiger partial charge >= 0.3 is 0 Å². The first-order chi connectivity index (χ1) is 20.5. The van der Waals surface area contributed by atoms with Crippen molar-refractivity contribution >= 4 is 22.3 Å². The smallest absolute Gasteiger partial charge is 0.135 e. The Morgan fingerprint density at radius 1 is 1.14 bits per heavy atom. The van der Waals surface area contributed by atoms with Gasteiger partial charge in [-0.25, -0.2) is 4.98 Å². The fourth-order valence-electron chi connectivity index (χ4n) is 6.12. The molecule has 5 rings (SSSR count). The van der Waals surface area contributed by atoms with E-state index >= 15 is 0 Å². The van der Waals surface area contributed by atoms with Gasteiger partial charge in [-0.3, -0.25) is 5.10 Å². The molecule has 0 unspecified atom stereocenters. The molecule has 220 valence electrons. The maximum atomic E-state index is 5.09. The third kappa shape index (κ3) is 6.68. The lowest BCUT2D eigenvalue weighted by atomic mass is 9.93. The molecule has 2 aliphatic heterocycles. The molecule has 2 fully saturated rings. The van der Waals surface area contributed by atoms with E-state index in [1.54, 1.807) is 0 Å². The Labute approximate surface area is 250 Å². The van der Waals surface area contributed by atoms with E-state index in [-0.39, 0.29) is 0 Å². The van der Waals surface area contributed by atoms with Crippen molar-refractivity contribution in [3.63, 3.8) is 0 Å². The van der Waals surface area contributed by atoms with Crippen molar-refractivity contribution in [2.75, 3.05) is 26.2 Å². The summed E-state index contributed by atoms with van der Waals surface area (Å²) in [6.07, 6.45) is 17.1. The summed E-state index contributed by atoms with van der Waals surface area (Å²) in [5.74, 6) is 0.669. The number of nitrogens with zero attached hydrogens (tertiary/aromatic N) is 3. The van der Waals surface area contributed by atoms with Gasteiger partial charge in [0.25, 0.3) is 0 Å². The number of pyridine rings is 1. The van der Waals surface area contributed by atoms with Gasteiger partial charge in [-0.1, -0.05) is 31.9 Å². The molecule has 7 nitrogen and oxygen atoms in total. The van der Waals surface area contributed by atoms with Crippen molar-refractivity contribution in [2.45, 2.75) is 52.4 Å². The van der Waals surface area contributed by atoms with Crippen LogP contribution in [0.5, 0.6) is 0 Å². The highest BCUT2D eigenvalue weighted by Gasteiger charge is 2.21. The maximum absolute atomic E-state index is 5.09. The quantitative estimate of drug-likeness (QED) is 0.185. The lowest BCUT2D eigenvalue weighted by molar-refractivity contribution is 0.326. The van der Waals surface area contributed by atoms with Gasteiger partial charge in [-0.15, -0.1) is 0 Å². The number of rotatable bonds is 11. The fourth-order valence-corrected chi connectivity index (χ4v) is 6.12. The minimum atomic E-state index is 0.669. The second kappa shape index (κ2) is 13.7. The highest BCUT2D eigenvalue weighted by Crippen LogP contribution is 2.32. The molecular weight excluding hydrogens is 518 g/mol. The molecule has 42 heavy (non-hydrogen) atoms. The Bertz CT molecular complexity index is 1520. The molecule has 0 atom stereocenters. The average molecular weight is 564 g/mol. The number of H-pyrrole nitrogens is 2. The summed E-state index contributed by atoms with van der Waals surface area (Å²) in [6, 6.07) is 6.29. The van der Waals surface area contributed by atoms with E-state index in [0.717, 1.165) is 83.4 Å². The van der Waals surface area contributed by atoms with Crippen LogP contribution in [0.15, 0.2) is 79.7 Å². The summed E-state index contributed by atoms with van der Waals surface area (Å²) in [5, 5.41) is 14.8. The number of hydrogen-bond acceptors (Lipinski definition) is 5. The minimum absolute atomic E-state index is 0.669. The molecule has 0 amide bonds. The van der Waals surface area contributed by atoms with Crippen LogP contribution in [0.2, 0.25) is 0 Å². The first-order valence-corrected chi connectivity index (χ1v) is 15.3. The molecule has 2 saturated heterocycles. The van der Waals surface area contributed by atoms with E-state index in [0.29, 0.717) is 5.92 Å². The van der Waals surface area contributed by atoms with E-state index in [9.17, 15) is 0 Å². The molecule has 0 saturated carbocycles. The molecule has 3 aromatic heterocycles. The zero-order valence-electron chi connectivity index (χ0n) is 25.2. The fraction of sp³-hybridized carbons (Fsp3) is 0.371. The Morgan fingerprint density at radius 2 is 1.93 bits per heavy atom. The van der Waals surface area contributed by atoms with Crippen molar-refractivity contribution in [3.8, 4) is 11.4 Å². The number of piperidine rings is 2. The number of nitrogens with one attached hydrogen (secondary N) is 4. The van der Waals surface area contributed by atoms with Gasteiger partial charge in [0, 0.05) is 41.4 Å². The van der Waals surface area contributed by atoms with Crippen LogP contribution in [0.25, 0.3) is 33.7 Å². The van der Waals surface area contributed by atoms with E-state index in [1.807, 2.05) is 25.1 Å². The molecule has 5 heterocycles. The van der Waals surface area contributed by atoms with Crippen LogP contribution < -0.4 is 10.6 Å².